The van der Waals surface area contributed by atoms with Crippen LogP contribution in [0, 0.1) is 5.92 Å². The Bertz CT molecular complexity index is 681. The SMILES string of the molecule is CCCCCCCCC(CCCCC)CCC([N-]c1ccc[nH]1)C(=CC(=O)O)CN=C(N)N. The van der Waals surface area contributed by atoms with Crippen molar-refractivity contribution in [3.63, 3.8) is 0 Å². The van der Waals surface area contributed by atoms with Crippen molar-refractivity contribution in [1.29, 1.82) is 0 Å². The quantitative estimate of drug-likeness (QED) is 0.0775. The molecule has 7 nitrogen and oxygen atoms in total. The highest BCUT2D eigenvalue weighted by molar-refractivity contribution is 5.81. The zero-order valence-electron chi connectivity index (χ0n) is 20.8. The fraction of sp³-hybridized carbons (Fsp3) is 0.692. The van der Waals surface area contributed by atoms with Crippen LogP contribution in [-0.2, 0) is 4.79 Å². The Hall–Kier alpha value is -2.44. The lowest BCUT2D eigenvalue weighted by Gasteiger charge is -2.29. The maximum atomic E-state index is 11.5. The van der Waals surface area contributed by atoms with Gasteiger partial charge in [0.2, 0.25) is 0 Å². The maximum Gasteiger partial charge on any atom is 0.328 e. The van der Waals surface area contributed by atoms with Crippen molar-refractivity contribution in [2.75, 3.05) is 6.54 Å². The largest absolute Gasteiger partial charge is 0.478 e. The van der Waals surface area contributed by atoms with Gasteiger partial charge in [-0.3, -0.25) is 0 Å². The van der Waals surface area contributed by atoms with Gasteiger partial charge < -0.3 is 26.9 Å². The lowest BCUT2D eigenvalue weighted by atomic mass is 9.88. The Labute approximate surface area is 200 Å². The number of hydrogen-bond acceptors (Lipinski definition) is 2. The van der Waals surface area contributed by atoms with Gasteiger partial charge in [-0.25, -0.2) is 9.79 Å². The van der Waals surface area contributed by atoms with Gasteiger partial charge in [0, 0.05) is 6.08 Å². The molecular formula is C26H46N5O2-. The summed E-state index contributed by atoms with van der Waals surface area (Å²) in [6.07, 6.45) is 18.9. The third-order valence-electron chi connectivity index (χ3n) is 6.09. The minimum absolute atomic E-state index is 0.0505. The van der Waals surface area contributed by atoms with Crippen LogP contribution < -0.4 is 11.5 Å². The Morgan fingerprint density at radius 3 is 2.27 bits per heavy atom. The van der Waals surface area contributed by atoms with Crippen LogP contribution in [0.1, 0.15) is 97.3 Å². The molecule has 0 bridgehead atoms. The first-order valence-corrected chi connectivity index (χ1v) is 12.8. The Kier molecular flexibility index (Phi) is 15.6. The second-order valence-corrected chi connectivity index (χ2v) is 8.99. The predicted molar refractivity (Wildman–Crippen MR) is 139 cm³/mol. The predicted octanol–water partition coefficient (Wildman–Crippen LogP) is 6.40. The van der Waals surface area contributed by atoms with E-state index in [2.05, 4.69) is 23.8 Å². The summed E-state index contributed by atoms with van der Waals surface area (Å²) in [5.74, 6) is 0.317. The highest BCUT2D eigenvalue weighted by Crippen LogP contribution is 2.31. The molecule has 0 spiro atoms. The van der Waals surface area contributed by atoms with Gasteiger partial charge in [-0.15, -0.1) is 0 Å². The summed E-state index contributed by atoms with van der Waals surface area (Å²) in [6.45, 7) is 4.63. The molecule has 6 N–H and O–H groups in total. The number of guanidine groups is 1. The van der Waals surface area contributed by atoms with Crippen LogP contribution >= 0.6 is 0 Å². The number of unbranched alkanes of at least 4 members (excludes halogenated alkanes) is 7. The molecule has 1 rings (SSSR count). The van der Waals surface area contributed by atoms with Gasteiger partial charge in [-0.2, -0.15) is 0 Å². The van der Waals surface area contributed by atoms with Gasteiger partial charge >= 0.3 is 5.97 Å². The smallest absolute Gasteiger partial charge is 0.328 e. The van der Waals surface area contributed by atoms with E-state index in [-0.39, 0.29) is 18.5 Å². The van der Waals surface area contributed by atoms with Crippen molar-refractivity contribution in [1.82, 2.24) is 4.98 Å². The molecule has 2 atom stereocenters. The second-order valence-electron chi connectivity index (χ2n) is 8.99. The maximum absolute atomic E-state index is 11.5. The number of nitrogens with two attached hydrogens (primary N) is 2. The average Bonchev–Trinajstić information content (AvgIpc) is 3.29. The molecule has 0 aliphatic heterocycles. The topological polar surface area (TPSA) is 132 Å². The number of aliphatic imine (C=N–C) groups is 1. The number of aromatic amines is 1. The van der Waals surface area contributed by atoms with Crippen LogP contribution in [0.4, 0.5) is 5.82 Å². The summed E-state index contributed by atoms with van der Waals surface area (Å²) in [6, 6.07) is 3.50. The van der Waals surface area contributed by atoms with E-state index >= 15 is 0 Å². The molecule has 0 aliphatic carbocycles. The van der Waals surface area contributed by atoms with Crippen molar-refractivity contribution in [2.45, 2.75) is 103 Å². The number of hydrogen-bond donors (Lipinski definition) is 4. The number of nitrogens with zero attached hydrogens (tertiary/aromatic N) is 2. The summed E-state index contributed by atoms with van der Waals surface area (Å²) in [4.78, 5) is 18.7. The van der Waals surface area contributed by atoms with E-state index in [1.165, 1.54) is 76.7 Å². The number of aromatic nitrogens is 1. The van der Waals surface area contributed by atoms with E-state index in [0.29, 0.717) is 11.5 Å². The first-order chi connectivity index (χ1) is 16.0. The fourth-order valence-electron chi connectivity index (χ4n) is 4.21. The molecule has 0 amide bonds. The van der Waals surface area contributed by atoms with Crippen molar-refractivity contribution in [2.24, 2.45) is 22.4 Å². The molecule has 2 unspecified atom stereocenters. The van der Waals surface area contributed by atoms with Crippen LogP contribution in [0.2, 0.25) is 0 Å². The van der Waals surface area contributed by atoms with Gasteiger partial charge in [0.25, 0.3) is 0 Å². The van der Waals surface area contributed by atoms with Crippen molar-refractivity contribution in [3.8, 4) is 0 Å². The number of aliphatic carboxylic acids is 1. The molecule has 0 aromatic carbocycles. The molecule has 0 saturated carbocycles. The highest BCUT2D eigenvalue weighted by atomic mass is 16.4. The van der Waals surface area contributed by atoms with Crippen LogP contribution in [-0.4, -0.2) is 34.6 Å². The monoisotopic (exact) mass is 460 g/mol. The van der Waals surface area contributed by atoms with Gasteiger partial charge in [-0.1, -0.05) is 109 Å². The lowest BCUT2D eigenvalue weighted by molar-refractivity contribution is -0.131. The summed E-state index contributed by atoms with van der Waals surface area (Å²) in [7, 11) is 0. The van der Waals surface area contributed by atoms with Gasteiger partial charge in [0.15, 0.2) is 5.96 Å². The molecule has 0 aliphatic rings. The third-order valence-corrected chi connectivity index (χ3v) is 6.09. The third kappa shape index (κ3) is 14.3. The normalized spacial score (nSPS) is 13.5. The molecule has 1 heterocycles. The van der Waals surface area contributed by atoms with Crippen LogP contribution in [0.3, 0.4) is 0 Å². The summed E-state index contributed by atoms with van der Waals surface area (Å²) < 4.78 is 0. The van der Waals surface area contributed by atoms with E-state index in [9.17, 15) is 9.90 Å². The zero-order chi connectivity index (χ0) is 24.3. The van der Waals surface area contributed by atoms with E-state index in [1.807, 2.05) is 18.3 Å². The Morgan fingerprint density at radius 1 is 1.03 bits per heavy atom. The van der Waals surface area contributed by atoms with Crippen LogP contribution in [0.25, 0.3) is 5.32 Å². The number of carboxylic acids is 1. The van der Waals surface area contributed by atoms with Crippen molar-refractivity contribution < 1.29 is 9.90 Å². The summed E-state index contributed by atoms with van der Waals surface area (Å²) in [5.41, 5.74) is 11.6. The van der Waals surface area contributed by atoms with E-state index in [1.54, 1.807) is 0 Å². The molecule has 0 fully saturated rings. The number of carboxylic acid groups (broad SMARTS) is 1. The molecule has 7 heteroatoms. The Morgan fingerprint density at radius 2 is 1.67 bits per heavy atom. The molecular weight excluding hydrogens is 414 g/mol. The van der Waals surface area contributed by atoms with Gasteiger partial charge in [0.1, 0.15) is 0 Å². The van der Waals surface area contributed by atoms with E-state index < -0.39 is 5.97 Å². The number of rotatable bonds is 20. The van der Waals surface area contributed by atoms with Crippen molar-refractivity contribution >= 4 is 17.7 Å². The molecule has 33 heavy (non-hydrogen) atoms. The number of nitrogens with one attached hydrogen (secondary N) is 1. The molecule has 188 valence electrons. The van der Waals surface area contributed by atoms with Gasteiger partial charge in [-0.05, 0) is 30.4 Å². The average molecular weight is 461 g/mol. The van der Waals surface area contributed by atoms with Crippen LogP contribution in [0.5, 0.6) is 0 Å². The van der Waals surface area contributed by atoms with E-state index in [0.717, 1.165) is 18.7 Å². The summed E-state index contributed by atoms with van der Waals surface area (Å²) in [5, 5.41) is 14.2. The first-order valence-electron chi connectivity index (χ1n) is 12.8. The van der Waals surface area contributed by atoms with E-state index in [4.69, 9.17) is 16.8 Å². The first kappa shape index (κ1) is 28.6. The van der Waals surface area contributed by atoms with Crippen LogP contribution in [0.15, 0.2) is 35.0 Å². The lowest BCUT2D eigenvalue weighted by Crippen LogP contribution is -2.24. The van der Waals surface area contributed by atoms with Crippen molar-refractivity contribution in [3.05, 3.63) is 35.3 Å². The Balaban J connectivity index is 2.83. The minimum Gasteiger partial charge on any atom is -0.478 e. The zero-order valence-corrected chi connectivity index (χ0v) is 20.8. The fourth-order valence-corrected chi connectivity index (χ4v) is 4.21. The highest BCUT2D eigenvalue weighted by Gasteiger charge is 2.16. The molecule has 0 radical (unpaired) electrons. The molecule has 0 saturated heterocycles. The standard InChI is InChI=1S/C26H46N5O2/c1-3-5-7-8-9-11-14-21(13-10-6-4-2)16-17-23(31-24-15-12-18-29-24)22(19-25(32)33)20-30-26(27)28/h12,15,18-19,21,23,29H,3-11,13-14,16-17,20H2,1-2H3,(H,32,33)(H4,27,28,30)/q-1. The number of carbonyl (C=O) groups is 1. The van der Waals surface area contributed by atoms with Gasteiger partial charge in [0.05, 0.1) is 6.54 Å². The summed E-state index contributed by atoms with van der Waals surface area (Å²) >= 11 is 0. The second kappa shape index (κ2) is 18.0. The minimum atomic E-state index is -1.01. The number of H-pyrrole nitrogens is 1. The molecule has 1 aromatic heterocycles. The molecule has 1 aromatic rings.